The third-order valence-corrected chi connectivity index (χ3v) is 10.0. The van der Waals surface area contributed by atoms with Crippen LogP contribution in [0.1, 0.15) is 52.9 Å². The molecule has 2 aromatic carbocycles. The predicted octanol–water partition coefficient (Wildman–Crippen LogP) is 7.50. The van der Waals surface area contributed by atoms with Gasteiger partial charge in [-0.2, -0.15) is 0 Å². The molecule has 0 spiro atoms. The van der Waals surface area contributed by atoms with Crippen LogP contribution in [0.15, 0.2) is 34.9 Å². The molecule has 208 valence electrons. The molecule has 0 N–H and O–H groups in total. The number of halogens is 3. The summed E-state index contributed by atoms with van der Waals surface area (Å²) in [6.45, 7) is 2.96. The van der Waals surface area contributed by atoms with Gasteiger partial charge in [-0.05, 0) is 62.4 Å². The van der Waals surface area contributed by atoms with Crippen LogP contribution in [0.3, 0.4) is 0 Å². The number of fused-ring (bicyclic) bond motifs is 3. The molecule has 7 nitrogen and oxygen atoms in total. The molecule has 0 unspecified atom stereocenters. The Morgan fingerprint density at radius 2 is 2.02 bits per heavy atom. The lowest BCUT2D eigenvalue weighted by Crippen LogP contribution is -2.38. The van der Waals surface area contributed by atoms with Gasteiger partial charge < -0.3 is 18.9 Å². The molecule has 11 heteroatoms. The number of esters is 1. The van der Waals surface area contributed by atoms with E-state index in [2.05, 4.69) is 10.1 Å². The summed E-state index contributed by atoms with van der Waals surface area (Å²) in [7, 11) is 1.39. The van der Waals surface area contributed by atoms with Gasteiger partial charge in [0, 0.05) is 24.1 Å². The van der Waals surface area contributed by atoms with E-state index in [1.165, 1.54) is 7.11 Å². The lowest BCUT2D eigenvalue weighted by molar-refractivity contribution is 0.0114. The van der Waals surface area contributed by atoms with Gasteiger partial charge in [-0.15, -0.1) is 0 Å². The molecular weight excluding hydrogens is 576 g/mol. The van der Waals surface area contributed by atoms with Gasteiger partial charge >= 0.3 is 5.97 Å². The normalized spacial score (nSPS) is 22.8. The maximum absolute atomic E-state index is 15.2. The van der Waals surface area contributed by atoms with Crippen LogP contribution in [0.2, 0.25) is 10.0 Å². The highest BCUT2D eigenvalue weighted by Crippen LogP contribution is 2.53. The van der Waals surface area contributed by atoms with Crippen LogP contribution in [0.5, 0.6) is 0 Å². The van der Waals surface area contributed by atoms with Crippen molar-refractivity contribution >= 4 is 55.9 Å². The molecule has 2 bridgehead atoms. The SMILES string of the molecule is COC(=O)c1cc(C)c2nc(N3C[C@@H]4C[C@H]3C[C@H]4OCc3c(-c4c(Cl)cccc4Cl)noc3C3(F)CC3)sc2c1. The maximum Gasteiger partial charge on any atom is 0.337 e. The van der Waals surface area contributed by atoms with Gasteiger partial charge in [-0.25, -0.2) is 14.2 Å². The van der Waals surface area contributed by atoms with E-state index in [0.717, 1.165) is 40.3 Å². The summed E-state index contributed by atoms with van der Waals surface area (Å²) < 4.78 is 33.1. The van der Waals surface area contributed by atoms with Crippen LogP contribution < -0.4 is 4.90 Å². The second-order valence-corrected chi connectivity index (χ2v) is 12.7. The quantitative estimate of drug-likeness (QED) is 0.203. The molecule has 2 aromatic heterocycles. The molecule has 1 aliphatic heterocycles. The molecule has 3 atom stereocenters. The average molecular weight is 603 g/mol. The second-order valence-electron chi connectivity index (χ2n) is 10.9. The number of aromatic nitrogens is 2. The number of nitrogens with zero attached hydrogens (tertiary/aromatic N) is 3. The first-order valence-electron chi connectivity index (χ1n) is 13.3. The molecular formula is C29H26Cl2FN3O4S. The van der Waals surface area contributed by atoms with Crippen molar-refractivity contribution in [3.05, 3.63) is 62.8 Å². The maximum atomic E-state index is 15.2. The van der Waals surface area contributed by atoms with Crippen molar-refractivity contribution in [2.45, 2.75) is 57.0 Å². The third kappa shape index (κ3) is 4.29. The van der Waals surface area contributed by atoms with Gasteiger partial charge in [-0.1, -0.05) is 45.8 Å². The van der Waals surface area contributed by atoms with E-state index in [-0.39, 0.29) is 24.4 Å². The van der Waals surface area contributed by atoms with Crippen LogP contribution in [0.4, 0.5) is 9.52 Å². The number of piperidine rings is 1. The minimum atomic E-state index is -1.51. The standard InChI is InChI=1S/C29H26Cl2FN3O4S/c1-14-8-15(27(36)37-2)10-22-24(14)33-28(40-22)35-12-16-9-17(35)11-21(16)38-13-18-25(23-19(30)4-3-5-20(23)31)34-39-26(18)29(32)6-7-29/h3-5,8,10,16-17,21H,6-7,9,11-13H2,1-2H3/t16-,17-,21+/m0/s1. The van der Waals surface area contributed by atoms with E-state index in [4.69, 9.17) is 42.2 Å². The lowest BCUT2D eigenvalue weighted by Gasteiger charge is -2.31. The number of carbonyl (C=O) groups excluding carboxylic acids is 1. The summed E-state index contributed by atoms with van der Waals surface area (Å²) >= 11 is 14.5. The van der Waals surface area contributed by atoms with Crippen molar-refractivity contribution in [1.82, 2.24) is 10.1 Å². The predicted molar refractivity (Wildman–Crippen MR) is 152 cm³/mol. The summed E-state index contributed by atoms with van der Waals surface area (Å²) in [6.07, 6.45) is 2.67. The molecule has 2 aliphatic carbocycles. The second kappa shape index (κ2) is 9.69. The summed E-state index contributed by atoms with van der Waals surface area (Å²) in [5, 5.41) is 6.01. The largest absolute Gasteiger partial charge is 0.465 e. The molecule has 0 amide bonds. The average Bonchev–Trinajstić information content (AvgIpc) is 3.38. The molecule has 3 aliphatic rings. The Balaban J connectivity index is 1.10. The molecule has 3 heterocycles. The molecule has 7 rings (SSSR count). The first kappa shape index (κ1) is 26.2. The molecule has 1 saturated heterocycles. The number of ether oxygens (including phenoxy) is 2. The van der Waals surface area contributed by atoms with Gasteiger partial charge in [0.1, 0.15) is 5.69 Å². The summed E-state index contributed by atoms with van der Waals surface area (Å²) in [6, 6.07) is 9.19. The van der Waals surface area contributed by atoms with Crippen LogP contribution >= 0.6 is 34.5 Å². The zero-order chi connectivity index (χ0) is 27.8. The number of methoxy groups -OCH3 is 1. The number of rotatable bonds is 7. The van der Waals surface area contributed by atoms with E-state index in [0.29, 0.717) is 57.2 Å². The molecule has 4 aromatic rings. The van der Waals surface area contributed by atoms with E-state index in [1.807, 2.05) is 19.1 Å². The first-order valence-corrected chi connectivity index (χ1v) is 14.8. The van der Waals surface area contributed by atoms with E-state index in [9.17, 15) is 4.79 Å². The fourth-order valence-corrected chi connectivity index (χ4v) is 7.87. The zero-order valence-corrected chi connectivity index (χ0v) is 24.2. The molecule has 3 fully saturated rings. The number of carbonyl (C=O) groups is 1. The highest BCUT2D eigenvalue weighted by Gasteiger charge is 2.52. The van der Waals surface area contributed by atoms with E-state index in [1.54, 1.807) is 29.5 Å². The monoisotopic (exact) mass is 601 g/mol. The number of benzene rings is 2. The van der Waals surface area contributed by atoms with Crippen molar-refractivity contribution in [1.29, 1.82) is 0 Å². The fourth-order valence-electron chi connectivity index (χ4n) is 6.13. The lowest BCUT2D eigenvalue weighted by atomic mass is 10.0. The fraction of sp³-hybridized carbons (Fsp3) is 0.414. The first-order chi connectivity index (χ1) is 19.3. The Morgan fingerprint density at radius 1 is 1.25 bits per heavy atom. The number of anilines is 1. The van der Waals surface area contributed by atoms with Crippen molar-refractivity contribution in [3.8, 4) is 11.3 Å². The summed E-state index contributed by atoms with van der Waals surface area (Å²) in [4.78, 5) is 19.3. The van der Waals surface area contributed by atoms with Crippen LogP contribution in [0.25, 0.3) is 21.5 Å². The van der Waals surface area contributed by atoms with Gasteiger partial charge in [0.2, 0.25) is 0 Å². The molecule has 0 radical (unpaired) electrons. The van der Waals surface area contributed by atoms with Gasteiger partial charge in [0.25, 0.3) is 0 Å². The van der Waals surface area contributed by atoms with Crippen molar-refractivity contribution in [3.63, 3.8) is 0 Å². The van der Waals surface area contributed by atoms with Gasteiger partial charge in [-0.3, -0.25) is 0 Å². The number of hydrogen-bond donors (Lipinski definition) is 0. The number of alkyl halides is 1. The number of aryl methyl sites for hydroxylation is 1. The Bertz CT molecular complexity index is 1630. The minimum Gasteiger partial charge on any atom is -0.465 e. The van der Waals surface area contributed by atoms with Crippen molar-refractivity contribution in [2.75, 3.05) is 18.6 Å². The Hall–Kier alpha value is -2.72. The van der Waals surface area contributed by atoms with E-state index < -0.39 is 5.67 Å². The number of thiazole rings is 1. The zero-order valence-electron chi connectivity index (χ0n) is 21.9. The highest BCUT2D eigenvalue weighted by molar-refractivity contribution is 7.22. The van der Waals surface area contributed by atoms with Gasteiger partial charge in [0.05, 0.1) is 51.2 Å². The highest BCUT2D eigenvalue weighted by atomic mass is 35.5. The topological polar surface area (TPSA) is 77.7 Å². The van der Waals surface area contributed by atoms with Crippen LogP contribution in [-0.2, 0) is 21.7 Å². The summed E-state index contributed by atoms with van der Waals surface area (Å²) in [5.74, 6) is 0.190. The van der Waals surface area contributed by atoms with Crippen LogP contribution in [-0.4, -0.2) is 41.9 Å². The smallest absolute Gasteiger partial charge is 0.337 e. The van der Waals surface area contributed by atoms with Gasteiger partial charge in [0.15, 0.2) is 16.6 Å². The van der Waals surface area contributed by atoms with Crippen LogP contribution in [0, 0.1) is 12.8 Å². The molecule has 2 saturated carbocycles. The summed E-state index contributed by atoms with van der Waals surface area (Å²) in [5.41, 5.74) is 2.44. The Morgan fingerprint density at radius 3 is 2.70 bits per heavy atom. The Labute approximate surface area is 244 Å². The minimum absolute atomic E-state index is 0.0235. The van der Waals surface area contributed by atoms with Crippen molar-refractivity contribution < 1.29 is 23.2 Å². The molecule has 40 heavy (non-hydrogen) atoms. The van der Waals surface area contributed by atoms with E-state index >= 15 is 4.39 Å². The third-order valence-electron chi connectivity index (χ3n) is 8.34. The number of hydrogen-bond acceptors (Lipinski definition) is 8. The van der Waals surface area contributed by atoms with Crippen molar-refractivity contribution in [2.24, 2.45) is 5.92 Å². The Kier molecular flexibility index (Phi) is 6.34.